The van der Waals surface area contributed by atoms with Gasteiger partial charge in [0, 0.05) is 16.8 Å². The minimum atomic E-state index is -5.00. The van der Waals surface area contributed by atoms with Crippen LogP contribution < -0.4 is 0 Å². The van der Waals surface area contributed by atoms with E-state index in [0.29, 0.717) is 23.5 Å². The van der Waals surface area contributed by atoms with Crippen molar-refractivity contribution in [2.45, 2.75) is 31.6 Å². The van der Waals surface area contributed by atoms with Gasteiger partial charge in [-0.2, -0.15) is 32.4 Å². The van der Waals surface area contributed by atoms with Crippen LogP contribution in [0, 0.1) is 18.1 Å². The largest absolute Gasteiger partial charge is 2.00 e. The molecule has 0 aliphatic rings. The summed E-state index contributed by atoms with van der Waals surface area (Å²) in [4.78, 5) is 12.1. The first-order valence-electron chi connectivity index (χ1n) is 9.93. The monoisotopic (exact) mass is 688 g/mol. The summed E-state index contributed by atoms with van der Waals surface area (Å²) in [6.07, 6.45) is -7.26. The third kappa shape index (κ3) is 5.48. The zero-order chi connectivity index (χ0) is 25.6. The van der Waals surface area contributed by atoms with Crippen molar-refractivity contribution in [3.8, 4) is 17.2 Å². The molecule has 0 unspecified atom stereocenters. The summed E-state index contributed by atoms with van der Waals surface area (Å²) < 4.78 is 92.3. The Morgan fingerprint density at radius 2 is 1.42 bits per heavy atom. The molecule has 0 saturated heterocycles. The predicted molar refractivity (Wildman–Crippen MR) is 109 cm³/mol. The smallest absolute Gasteiger partial charge is 0.343 e. The van der Waals surface area contributed by atoms with Gasteiger partial charge in [-0.05, 0) is 37.4 Å². The number of aromatic nitrogens is 5. The fourth-order valence-corrected chi connectivity index (χ4v) is 3.21. The van der Waals surface area contributed by atoms with E-state index in [-0.39, 0.29) is 38.3 Å². The first-order valence-corrected chi connectivity index (χ1v) is 9.93. The fraction of sp³-hybridized carbons (Fsp3) is 0.217. The van der Waals surface area contributed by atoms with Gasteiger partial charge in [0.25, 0.3) is 0 Å². The van der Waals surface area contributed by atoms with E-state index in [1.807, 2.05) is 0 Å². The summed E-state index contributed by atoms with van der Waals surface area (Å²) in [7, 11) is 0. The third-order valence-electron chi connectivity index (χ3n) is 5.10. The molecule has 0 saturated carbocycles. The van der Waals surface area contributed by atoms with Crippen molar-refractivity contribution >= 4 is 0 Å². The van der Waals surface area contributed by atoms with Crippen molar-refractivity contribution in [2.75, 3.05) is 0 Å². The second kappa shape index (κ2) is 9.72. The zero-order valence-electron chi connectivity index (χ0n) is 18.3. The van der Waals surface area contributed by atoms with Crippen LogP contribution in [0.15, 0.2) is 48.5 Å². The van der Waals surface area contributed by atoms with Crippen molar-refractivity contribution in [1.82, 2.24) is 24.7 Å². The number of rotatable bonds is 4. The van der Waals surface area contributed by atoms with Crippen molar-refractivity contribution < 1.29 is 51.8 Å². The molecule has 190 valence electrons. The van der Waals surface area contributed by atoms with E-state index < -0.39 is 35.0 Å². The minimum Gasteiger partial charge on any atom is -0.343 e. The van der Waals surface area contributed by atoms with Crippen LogP contribution in [0.2, 0.25) is 0 Å². The molecule has 0 spiro atoms. The second-order valence-electron chi connectivity index (χ2n) is 7.93. The summed E-state index contributed by atoms with van der Waals surface area (Å²) in [5, 5.41) is 3.46. The summed E-state index contributed by atoms with van der Waals surface area (Å²) >= 11 is 0. The van der Waals surface area contributed by atoms with Gasteiger partial charge in [-0.25, -0.2) is 0 Å². The topological polar surface area (TPSA) is 56.5 Å². The van der Waals surface area contributed by atoms with Crippen molar-refractivity contribution in [3.05, 3.63) is 89.4 Å². The van der Waals surface area contributed by atoms with E-state index in [1.165, 1.54) is 18.2 Å². The molecule has 0 fully saturated rings. The standard InChI is InChI=1S/C23H14F7N5.Pt/c1-21(2,17-7-4-8-19(33-17)35-12-11-18(34-35)22(25,26)27)16-6-3-5-14(31-16)15-10-9-13(24)20(32-15)23(28,29)30;/h3-9,11H,1-2H3;/q-2;+2. The molecule has 36 heavy (non-hydrogen) atoms. The van der Waals surface area contributed by atoms with E-state index in [2.05, 4.69) is 32.3 Å². The molecule has 0 radical (unpaired) electrons. The molecule has 4 aromatic heterocycles. The number of hydrogen-bond acceptors (Lipinski definition) is 4. The SMILES string of the molecule is CC(C)(c1cccc(-c2[c-]cc(F)c(C(F)(F)F)n2)n1)c1cccc(-n2[c-]cc(C(F)(F)F)n2)n1.[Pt+2]. The molecule has 13 heteroatoms. The Morgan fingerprint density at radius 3 is 2.03 bits per heavy atom. The zero-order valence-corrected chi connectivity index (χ0v) is 20.6. The average Bonchev–Trinajstić information content (AvgIpc) is 3.30. The maximum absolute atomic E-state index is 13.6. The quantitative estimate of drug-likeness (QED) is 0.200. The van der Waals surface area contributed by atoms with Gasteiger partial charge >= 0.3 is 33.4 Å². The minimum absolute atomic E-state index is 0. The molecule has 0 N–H and O–H groups in total. The molecule has 0 bridgehead atoms. The summed E-state index contributed by atoms with van der Waals surface area (Å²) in [5.41, 5.74) is -3.27. The number of pyridine rings is 3. The van der Waals surface area contributed by atoms with Gasteiger partial charge in [0.2, 0.25) is 0 Å². The normalized spacial score (nSPS) is 12.4. The third-order valence-corrected chi connectivity index (χ3v) is 5.10. The van der Waals surface area contributed by atoms with E-state index >= 15 is 0 Å². The van der Waals surface area contributed by atoms with Gasteiger partial charge < -0.3 is 9.67 Å². The Bertz CT molecular complexity index is 1380. The molecule has 0 atom stereocenters. The van der Waals surface area contributed by atoms with Crippen LogP contribution in [0.4, 0.5) is 30.7 Å². The van der Waals surface area contributed by atoms with Gasteiger partial charge in [0.1, 0.15) is 5.69 Å². The number of hydrogen-bond donors (Lipinski definition) is 0. The average molecular weight is 688 g/mol. The number of halogens is 7. The van der Waals surface area contributed by atoms with Crippen LogP contribution in [0.3, 0.4) is 0 Å². The van der Waals surface area contributed by atoms with Gasteiger partial charge in [0.15, 0.2) is 0 Å². The van der Waals surface area contributed by atoms with E-state index in [4.69, 9.17) is 0 Å². The van der Waals surface area contributed by atoms with E-state index in [9.17, 15) is 30.7 Å². The molecule has 0 amide bonds. The molecule has 5 nitrogen and oxygen atoms in total. The van der Waals surface area contributed by atoms with E-state index in [1.54, 1.807) is 32.0 Å². The Hall–Kier alpha value is -3.14. The summed E-state index contributed by atoms with van der Waals surface area (Å²) in [6.45, 7) is 3.45. The van der Waals surface area contributed by atoms with Crippen LogP contribution >= 0.6 is 0 Å². The molecule has 0 aliphatic carbocycles. The second-order valence-corrected chi connectivity index (χ2v) is 7.93. The van der Waals surface area contributed by atoms with Gasteiger partial charge in [-0.3, -0.25) is 19.5 Å². The first kappa shape index (κ1) is 27.4. The summed E-state index contributed by atoms with van der Waals surface area (Å²) in [5.74, 6) is -1.48. The van der Waals surface area contributed by atoms with E-state index in [0.717, 1.165) is 4.68 Å². The van der Waals surface area contributed by atoms with Crippen molar-refractivity contribution in [1.29, 1.82) is 0 Å². The fourth-order valence-electron chi connectivity index (χ4n) is 3.21. The summed E-state index contributed by atoms with van der Waals surface area (Å²) in [6, 6.07) is 12.8. The number of nitrogens with zero attached hydrogens (tertiary/aromatic N) is 5. The van der Waals surface area contributed by atoms with Crippen molar-refractivity contribution in [2.24, 2.45) is 0 Å². The Balaban J connectivity index is 0.00000361. The predicted octanol–water partition coefficient (Wildman–Crippen LogP) is 5.82. The van der Waals surface area contributed by atoms with Crippen LogP contribution in [-0.2, 0) is 38.8 Å². The Morgan fingerprint density at radius 1 is 0.778 bits per heavy atom. The van der Waals surface area contributed by atoms with Gasteiger partial charge in [-0.15, -0.1) is 12.1 Å². The molecular formula is C23H14F7N5Pt. The Kier molecular flexibility index (Phi) is 7.41. The van der Waals surface area contributed by atoms with Crippen LogP contribution in [0.25, 0.3) is 17.2 Å². The van der Waals surface area contributed by atoms with Crippen LogP contribution in [0.5, 0.6) is 0 Å². The molecule has 0 aromatic carbocycles. The van der Waals surface area contributed by atoms with Crippen LogP contribution in [0.1, 0.15) is 36.6 Å². The first-order chi connectivity index (χ1) is 16.3. The number of alkyl halides is 6. The van der Waals surface area contributed by atoms with Crippen LogP contribution in [-0.4, -0.2) is 24.7 Å². The van der Waals surface area contributed by atoms with Gasteiger partial charge in [0.05, 0.1) is 17.3 Å². The Labute approximate surface area is 214 Å². The maximum Gasteiger partial charge on any atom is 2.00 e. The maximum atomic E-state index is 13.6. The molecule has 0 aliphatic heterocycles. The molecular weight excluding hydrogens is 674 g/mol. The molecule has 4 rings (SSSR count). The van der Waals surface area contributed by atoms with Crippen molar-refractivity contribution in [3.63, 3.8) is 0 Å². The van der Waals surface area contributed by atoms with Gasteiger partial charge in [-0.1, -0.05) is 30.5 Å². The molecule has 4 heterocycles. The molecule has 4 aromatic rings.